The fourth-order valence-corrected chi connectivity index (χ4v) is 5.42. The van der Waals surface area contributed by atoms with Crippen LogP contribution in [0.25, 0.3) is 0 Å². The normalized spacial score (nSPS) is 48.7. The Balaban J connectivity index is 1.33. The summed E-state index contributed by atoms with van der Waals surface area (Å²) in [7, 11) is 0. The van der Waals surface area contributed by atoms with Crippen LogP contribution in [0, 0.1) is 35.5 Å². The van der Waals surface area contributed by atoms with Crippen LogP contribution in [-0.4, -0.2) is 25.0 Å². The summed E-state index contributed by atoms with van der Waals surface area (Å²) < 4.78 is 0. The van der Waals surface area contributed by atoms with Crippen molar-refractivity contribution in [1.29, 1.82) is 0 Å². The summed E-state index contributed by atoms with van der Waals surface area (Å²) in [5, 5.41) is 6.78. The van der Waals surface area contributed by atoms with E-state index in [1.165, 1.54) is 32.1 Å². The molecule has 3 nitrogen and oxygen atoms in total. The Labute approximate surface area is 115 Å². The zero-order chi connectivity index (χ0) is 13.0. The number of rotatable bonds is 3. The Bertz CT molecular complexity index is 361. The largest absolute Gasteiger partial charge is 0.353 e. The molecule has 6 unspecified atom stereocenters. The van der Waals surface area contributed by atoms with E-state index in [1.54, 1.807) is 0 Å². The summed E-state index contributed by atoms with van der Waals surface area (Å²) in [6, 6.07) is 0.347. The van der Waals surface area contributed by atoms with Gasteiger partial charge in [-0.15, -0.1) is 0 Å². The van der Waals surface area contributed by atoms with E-state index in [-0.39, 0.29) is 0 Å². The van der Waals surface area contributed by atoms with Crippen molar-refractivity contribution in [2.45, 2.75) is 45.1 Å². The van der Waals surface area contributed by atoms with Gasteiger partial charge in [0.15, 0.2) is 0 Å². The number of nitrogens with one attached hydrogen (secondary N) is 2. The Morgan fingerprint density at radius 3 is 2.58 bits per heavy atom. The van der Waals surface area contributed by atoms with Gasteiger partial charge in [0.1, 0.15) is 0 Å². The predicted molar refractivity (Wildman–Crippen MR) is 74.5 cm³/mol. The maximum atomic E-state index is 12.5. The van der Waals surface area contributed by atoms with Gasteiger partial charge in [0.2, 0.25) is 5.91 Å². The molecule has 2 bridgehead atoms. The molecule has 1 heterocycles. The van der Waals surface area contributed by atoms with Gasteiger partial charge < -0.3 is 10.6 Å². The molecule has 4 fully saturated rings. The van der Waals surface area contributed by atoms with Gasteiger partial charge in [-0.1, -0.05) is 0 Å². The lowest BCUT2D eigenvalue weighted by atomic mass is 9.92. The van der Waals surface area contributed by atoms with Crippen molar-refractivity contribution < 1.29 is 4.79 Å². The summed E-state index contributed by atoms with van der Waals surface area (Å²) in [4.78, 5) is 12.5. The Kier molecular flexibility index (Phi) is 2.87. The van der Waals surface area contributed by atoms with Crippen LogP contribution in [0.4, 0.5) is 0 Å². The predicted octanol–water partition coefficient (Wildman–Crippen LogP) is 1.78. The first-order valence-corrected chi connectivity index (χ1v) is 8.27. The van der Waals surface area contributed by atoms with Crippen molar-refractivity contribution in [3.63, 3.8) is 0 Å². The van der Waals surface area contributed by atoms with Gasteiger partial charge >= 0.3 is 0 Å². The monoisotopic (exact) mass is 262 g/mol. The standard InChI is InChI=1S/C16H26N2O/c1-9(12-3-2-6-17-8-12)18-16(19)15-13-10-4-5-11(7-10)14(13)15/h9-15,17H,2-8H2,1H3,(H,18,19). The molecule has 1 amide bonds. The first-order chi connectivity index (χ1) is 9.25. The molecule has 3 heteroatoms. The van der Waals surface area contributed by atoms with Crippen LogP contribution in [0.2, 0.25) is 0 Å². The fraction of sp³-hybridized carbons (Fsp3) is 0.938. The van der Waals surface area contributed by atoms with E-state index in [9.17, 15) is 4.79 Å². The van der Waals surface area contributed by atoms with Gasteiger partial charge in [-0.25, -0.2) is 0 Å². The summed E-state index contributed by atoms with van der Waals surface area (Å²) >= 11 is 0. The van der Waals surface area contributed by atoms with E-state index < -0.39 is 0 Å². The number of fused-ring (bicyclic) bond motifs is 5. The van der Waals surface area contributed by atoms with E-state index in [1.807, 2.05) is 0 Å². The zero-order valence-corrected chi connectivity index (χ0v) is 11.9. The highest BCUT2D eigenvalue weighted by atomic mass is 16.2. The van der Waals surface area contributed by atoms with Gasteiger partial charge in [-0.3, -0.25) is 4.79 Å². The first kappa shape index (κ1) is 12.2. The molecule has 1 saturated heterocycles. The topological polar surface area (TPSA) is 41.1 Å². The molecule has 1 aliphatic heterocycles. The summed E-state index contributed by atoms with van der Waals surface area (Å²) in [5.41, 5.74) is 0. The van der Waals surface area contributed by atoms with Crippen LogP contribution >= 0.6 is 0 Å². The molecular weight excluding hydrogens is 236 g/mol. The van der Waals surface area contributed by atoms with E-state index in [2.05, 4.69) is 17.6 Å². The molecular formula is C16H26N2O. The average Bonchev–Trinajstić information content (AvgIpc) is 2.89. The van der Waals surface area contributed by atoms with Crippen LogP contribution in [0.5, 0.6) is 0 Å². The van der Waals surface area contributed by atoms with Gasteiger partial charge in [0.25, 0.3) is 0 Å². The second-order valence-electron chi connectivity index (χ2n) is 7.42. The highest BCUT2D eigenvalue weighted by Crippen LogP contribution is 2.69. The van der Waals surface area contributed by atoms with Crippen molar-refractivity contribution in [3.8, 4) is 0 Å². The van der Waals surface area contributed by atoms with E-state index >= 15 is 0 Å². The molecule has 6 atom stereocenters. The number of piperidine rings is 1. The Morgan fingerprint density at radius 2 is 1.95 bits per heavy atom. The van der Waals surface area contributed by atoms with E-state index in [4.69, 9.17) is 0 Å². The molecule has 3 saturated carbocycles. The third kappa shape index (κ3) is 1.93. The summed E-state index contributed by atoms with van der Waals surface area (Å²) in [6.45, 7) is 4.42. The maximum Gasteiger partial charge on any atom is 0.223 e. The molecule has 0 spiro atoms. The number of hydrogen-bond acceptors (Lipinski definition) is 2. The minimum absolute atomic E-state index is 0.347. The third-order valence-corrected chi connectivity index (χ3v) is 6.45. The van der Waals surface area contributed by atoms with Crippen molar-refractivity contribution in [1.82, 2.24) is 10.6 Å². The minimum Gasteiger partial charge on any atom is -0.353 e. The molecule has 3 aliphatic carbocycles. The van der Waals surface area contributed by atoms with Gasteiger partial charge in [-0.2, -0.15) is 0 Å². The zero-order valence-electron chi connectivity index (χ0n) is 11.9. The number of amides is 1. The molecule has 4 rings (SSSR count). The molecule has 0 aromatic rings. The molecule has 0 radical (unpaired) electrons. The summed E-state index contributed by atoms with van der Waals surface area (Å²) in [6.07, 6.45) is 6.75. The highest BCUT2D eigenvalue weighted by Gasteiger charge is 2.67. The van der Waals surface area contributed by atoms with Crippen LogP contribution in [-0.2, 0) is 4.79 Å². The van der Waals surface area contributed by atoms with Crippen molar-refractivity contribution in [2.75, 3.05) is 13.1 Å². The lowest BCUT2D eigenvalue weighted by molar-refractivity contribution is -0.124. The number of carbonyl (C=O) groups excluding carboxylic acids is 1. The molecule has 19 heavy (non-hydrogen) atoms. The van der Waals surface area contributed by atoms with E-state index in [0.29, 0.717) is 23.8 Å². The second kappa shape index (κ2) is 4.47. The van der Waals surface area contributed by atoms with Gasteiger partial charge in [0, 0.05) is 12.0 Å². The summed E-state index contributed by atoms with van der Waals surface area (Å²) in [5.74, 6) is 4.75. The fourth-order valence-electron chi connectivity index (χ4n) is 5.42. The molecule has 0 aromatic heterocycles. The van der Waals surface area contributed by atoms with Crippen molar-refractivity contribution in [2.24, 2.45) is 35.5 Å². The third-order valence-electron chi connectivity index (χ3n) is 6.45. The lowest BCUT2D eigenvalue weighted by Crippen LogP contribution is -2.45. The quantitative estimate of drug-likeness (QED) is 0.814. The lowest BCUT2D eigenvalue weighted by Gasteiger charge is -2.29. The van der Waals surface area contributed by atoms with E-state index in [0.717, 1.165) is 36.8 Å². The smallest absolute Gasteiger partial charge is 0.223 e. The van der Waals surface area contributed by atoms with Crippen molar-refractivity contribution in [3.05, 3.63) is 0 Å². The number of hydrogen-bond donors (Lipinski definition) is 2. The molecule has 2 N–H and O–H groups in total. The van der Waals surface area contributed by atoms with Crippen LogP contribution < -0.4 is 10.6 Å². The maximum absolute atomic E-state index is 12.5. The van der Waals surface area contributed by atoms with Crippen LogP contribution in [0.1, 0.15) is 39.0 Å². The second-order valence-corrected chi connectivity index (χ2v) is 7.42. The van der Waals surface area contributed by atoms with Crippen LogP contribution in [0.15, 0.2) is 0 Å². The molecule has 4 aliphatic rings. The number of carbonyl (C=O) groups is 1. The Hall–Kier alpha value is -0.570. The molecule has 106 valence electrons. The first-order valence-electron chi connectivity index (χ1n) is 8.27. The highest BCUT2D eigenvalue weighted by molar-refractivity contribution is 5.83. The molecule has 0 aromatic carbocycles. The van der Waals surface area contributed by atoms with Gasteiger partial charge in [-0.05, 0) is 81.7 Å². The van der Waals surface area contributed by atoms with Crippen molar-refractivity contribution >= 4 is 5.91 Å². The average molecular weight is 262 g/mol. The van der Waals surface area contributed by atoms with Crippen LogP contribution in [0.3, 0.4) is 0 Å². The SMILES string of the molecule is CC(NC(=O)C1C2C3CCC(C3)C12)C1CCCNC1. The minimum atomic E-state index is 0.347. The van der Waals surface area contributed by atoms with Gasteiger partial charge in [0.05, 0.1) is 0 Å². The Morgan fingerprint density at radius 1 is 1.21 bits per heavy atom.